The molecule has 0 aliphatic heterocycles. The maximum absolute atomic E-state index is 3.47. The predicted molar refractivity (Wildman–Crippen MR) is 85.0 cm³/mol. The van der Waals surface area contributed by atoms with Crippen LogP contribution >= 0.6 is 0 Å². The Morgan fingerprint density at radius 3 is 1.74 bits per heavy atom. The largest absolute Gasteiger partial charge is 0.313 e. The molecule has 1 aromatic rings. The van der Waals surface area contributed by atoms with Gasteiger partial charge >= 0.3 is 0 Å². The fourth-order valence-electron chi connectivity index (χ4n) is 3.06. The summed E-state index contributed by atoms with van der Waals surface area (Å²) in [6.45, 7) is 13.5. The Labute approximate surface area is 119 Å². The minimum Gasteiger partial charge on any atom is -0.313 e. The van der Waals surface area contributed by atoms with E-state index in [2.05, 4.69) is 71.9 Å². The van der Waals surface area contributed by atoms with Crippen molar-refractivity contribution >= 4 is 0 Å². The highest BCUT2D eigenvalue weighted by molar-refractivity contribution is 5.46. The van der Waals surface area contributed by atoms with Gasteiger partial charge in [-0.1, -0.05) is 6.07 Å². The molecule has 0 aromatic heterocycles. The molecule has 1 atom stereocenters. The summed E-state index contributed by atoms with van der Waals surface area (Å²) in [7, 11) is 6.38. The smallest absolute Gasteiger partial charge is 0.0524 e. The van der Waals surface area contributed by atoms with E-state index in [1.54, 1.807) is 0 Å². The molecule has 0 saturated heterocycles. The molecule has 0 fully saturated rings. The zero-order valence-corrected chi connectivity index (χ0v) is 14.1. The molecule has 0 radical (unpaired) electrons. The average Bonchev–Trinajstić information content (AvgIpc) is 2.31. The summed E-state index contributed by atoms with van der Waals surface area (Å²) < 4.78 is 0. The second-order valence-electron chi connectivity index (χ2n) is 6.51. The van der Waals surface area contributed by atoms with Crippen LogP contribution in [0.5, 0.6) is 0 Å². The Kier molecular flexibility index (Phi) is 4.81. The van der Waals surface area contributed by atoms with Gasteiger partial charge < -0.3 is 10.2 Å². The van der Waals surface area contributed by atoms with Gasteiger partial charge in [-0.25, -0.2) is 0 Å². The van der Waals surface area contributed by atoms with Crippen molar-refractivity contribution in [1.29, 1.82) is 0 Å². The Morgan fingerprint density at radius 1 is 1.00 bits per heavy atom. The monoisotopic (exact) mass is 262 g/mol. The third kappa shape index (κ3) is 3.01. The number of hydrogen-bond acceptors (Lipinski definition) is 2. The molecule has 19 heavy (non-hydrogen) atoms. The summed E-state index contributed by atoms with van der Waals surface area (Å²) in [5, 5.41) is 3.47. The van der Waals surface area contributed by atoms with E-state index in [9.17, 15) is 0 Å². The first-order valence-electron chi connectivity index (χ1n) is 7.06. The lowest BCUT2D eigenvalue weighted by atomic mass is 9.81. The van der Waals surface area contributed by atoms with Crippen LogP contribution in [-0.2, 0) is 0 Å². The Bertz CT molecular complexity index is 433. The van der Waals surface area contributed by atoms with Gasteiger partial charge in [0.05, 0.1) is 6.04 Å². The van der Waals surface area contributed by atoms with Gasteiger partial charge in [0.1, 0.15) is 0 Å². The summed E-state index contributed by atoms with van der Waals surface area (Å²) in [5.41, 5.74) is 7.12. The van der Waals surface area contributed by atoms with Crippen LogP contribution in [0.2, 0.25) is 0 Å². The highest BCUT2D eigenvalue weighted by Gasteiger charge is 2.33. The molecule has 1 rings (SSSR count). The molecule has 2 heteroatoms. The van der Waals surface area contributed by atoms with Gasteiger partial charge in [-0.3, -0.25) is 0 Å². The van der Waals surface area contributed by atoms with E-state index < -0.39 is 0 Å². The summed E-state index contributed by atoms with van der Waals surface area (Å²) >= 11 is 0. The summed E-state index contributed by atoms with van der Waals surface area (Å²) in [6.07, 6.45) is 0. The molecule has 0 aliphatic rings. The first-order chi connectivity index (χ1) is 8.63. The molecule has 1 unspecified atom stereocenters. The molecule has 2 nitrogen and oxygen atoms in total. The van der Waals surface area contributed by atoms with Crippen LogP contribution in [-0.4, -0.2) is 31.6 Å². The van der Waals surface area contributed by atoms with Crippen molar-refractivity contribution in [3.05, 3.63) is 33.9 Å². The number of likely N-dealkylation sites (N-methyl/N-ethyl adjacent to an activating group) is 2. The molecule has 0 saturated carbocycles. The van der Waals surface area contributed by atoms with E-state index in [1.165, 1.54) is 27.8 Å². The van der Waals surface area contributed by atoms with Gasteiger partial charge in [0.25, 0.3) is 0 Å². The van der Waals surface area contributed by atoms with E-state index >= 15 is 0 Å². The molecule has 1 N–H and O–H groups in total. The third-order valence-corrected chi connectivity index (χ3v) is 4.54. The second-order valence-corrected chi connectivity index (χ2v) is 6.51. The molecule has 1 aromatic carbocycles. The first kappa shape index (κ1) is 16.2. The SMILES string of the molecule is CNC(C)(C)C(c1c(C)c(C)cc(C)c1C)N(C)C. The Balaban J connectivity index is 3.57. The topological polar surface area (TPSA) is 15.3 Å². The molecule has 108 valence electrons. The van der Waals surface area contributed by atoms with Crippen LogP contribution in [0, 0.1) is 27.7 Å². The minimum absolute atomic E-state index is 0.0270. The highest BCUT2D eigenvalue weighted by Crippen LogP contribution is 2.36. The minimum atomic E-state index is 0.0270. The number of aryl methyl sites for hydroxylation is 2. The van der Waals surface area contributed by atoms with Gasteiger partial charge in [0.2, 0.25) is 0 Å². The predicted octanol–water partition coefficient (Wildman–Crippen LogP) is 3.52. The van der Waals surface area contributed by atoms with E-state index in [-0.39, 0.29) is 5.54 Å². The molecule has 0 aliphatic carbocycles. The molecule has 0 amide bonds. The second kappa shape index (κ2) is 5.64. The number of nitrogens with zero attached hydrogens (tertiary/aromatic N) is 1. The van der Waals surface area contributed by atoms with Crippen molar-refractivity contribution in [3.8, 4) is 0 Å². The van der Waals surface area contributed by atoms with E-state index in [4.69, 9.17) is 0 Å². The number of nitrogens with one attached hydrogen (secondary N) is 1. The highest BCUT2D eigenvalue weighted by atomic mass is 15.2. The van der Waals surface area contributed by atoms with E-state index in [0.29, 0.717) is 6.04 Å². The average molecular weight is 262 g/mol. The summed E-state index contributed by atoms with van der Waals surface area (Å²) in [5.74, 6) is 0. The summed E-state index contributed by atoms with van der Waals surface area (Å²) in [6, 6.07) is 2.66. The maximum atomic E-state index is 3.47. The maximum Gasteiger partial charge on any atom is 0.0524 e. The van der Waals surface area contributed by atoms with Gasteiger partial charge in [0, 0.05) is 5.54 Å². The number of hydrogen-bond donors (Lipinski definition) is 1. The molecular formula is C17H30N2. The number of rotatable bonds is 4. The lowest BCUT2D eigenvalue weighted by molar-refractivity contribution is 0.176. The van der Waals surface area contributed by atoms with Gasteiger partial charge in [0.15, 0.2) is 0 Å². The number of benzene rings is 1. The van der Waals surface area contributed by atoms with Crippen LogP contribution in [0.3, 0.4) is 0 Å². The standard InChI is InChI=1S/C17H30N2/c1-11-10-12(2)14(4)15(13(11)3)16(19(8)9)17(5,6)18-7/h10,16,18H,1-9H3. The molecular weight excluding hydrogens is 232 g/mol. The Hall–Kier alpha value is -0.860. The third-order valence-electron chi connectivity index (χ3n) is 4.54. The molecule has 0 bridgehead atoms. The van der Waals surface area contributed by atoms with Crippen LogP contribution in [0.1, 0.15) is 47.7 Å². The van der Waals surface area contributed by atoms with Crippen molar-refractivity contribution in [1.82, 2.24) is 10.2 Å². The van der Waals surface area contributed by atoms with Gasteiger partial charge in [-0.05, 0) is 90.5 Å². The van der Waals surface area contributed by atoms with Gasteiger partial charge in [-0.2, -0.15) is 0 Å². The normalized spacial score (nSPS) is 14.0. The van der Waals surface area contributed by atoms with E-state index in [1.807, 2.05) is 7.05 Å². The van der Waals surface area contributed by atoms with Crippen molar-refractivity contribution < 1.29 is 0 Å². The Morgan fingerprint density at radius 2 is 1.42 bits per heavy atom. The van der Waals surface area contributed by atoms with Crippen LogP contribution in [0.4, 0.5) is 0 Å². The lowest BCUT2D eigenvalue weighted by Gasteiger charge is -2.41. The van der Waals surface area contributed by atoms with Crippen molar-refractivity contribution in [2.24, 2.45) is 0 Å². The van der Waals surface area contributed by atoms with Crippen LogP contribution in [0.15, 0.2) is 6.07 Å². The van der Waals surface area contributed by atoms with Crippen molar-refractivity contribution in [2.75, 3.05) is 21.1 Å². The lowest BCUT2D eigenvalue weighted by Crippen LogP contribution is -2.48. The van der Waals surface area contributed by atoms with Crippen LogP contribution in [0.25, 0.3) is 0 Å². The van der Waals surface area contributed by atoms with Crippen molar-refractivity contribution in [3.63, 3.8) is 0 Å². The van der Waals surface area contributed by atoms with Gasteiger partial charge in [-0.15, -0.1) is 0 Å². The van der Waals surface area contributed by atoms with E-state index in [0.717, 1.165) is 0 Å². The first-order valence-corrected chi connectivity index (χ1v) is 7.06. The molecule has 0 spiro atoms. The zero-order valence-electron chi connectivity index (χ0n) is 14.1. The quantitative estimate of drug-likeness (QED) is 0.893. The zero-order chi connectivity index (χ0) is 15.0. The van der Waals surface area contributed by atoms with Crippen molar-refractivity contribution in [2.45, 2.75) is 53.1 Å². The summed E-state index contributed by atoms with van der Waals surface area (Å²) in [4.78, 5) is 2.32. The molecule has 0 heterocycles. The fourth-order valence-corrected chi connectivity index (χ4v) is 3.06. The fraction of sp³-hybridized carbons (Fsp3) is 0.647. The van der Waals surface area contributed by atoms with Crippen LogP contribution < -0.4 is 5.32 Å².